The van der Waals surface area contributed by atoms with Crippen molar-refractivity contribution < 1.29 is 24.9 Å². The van der Waals surface area contributed by atoms with Crippen molar-refractivity contribution in [2.75, 3.05) is 24.5 Å². The number of hydrogen-bond acceptors (Lipinski definition) is 5. The van der Waals surface area contributed by atoms with Crippen LogP contribution in [-0.2, 0) is 22.7 Å². The minimum atomic E-state index is -1.26. The zero-order valence-electron chi connectivity index (χ0n) is 19.4. The Balaban J connectivity index is 0.000000371. The zero-order chi connectivity index (χ0) is 25.0. The highest BCUT2D eigenvalue weighted by atomic mass is 16.4. The molecule has 0 saturated carbocycles. The number of rotatable bonds is 7. The summed E-state index contributed by atoms with van der Waals surface area (Å²) < 4.78 is 0. The number of nitrogens with zero attached hydrogens (tertiary/aromatic N) is 2. The Kier molecular flexibility index (Phi) is 9.59. The summed E-state index contributed by atoms with van der Waals surface area (Å²) in [6, 6.07) is 29.9. The van der Waals surface area contributed by atoms with Crippen LogP contribution in [0.2, 0.25) is 0 Å². The number of aliphatic carboxylic acids is 2. The molecule has 0 aliphatic carbocycles. The molecule has 0 bridgehead atoms. The van der Waals surface area contributed by atoms with Crippen LogP contribution in [0, 0.1) is 0 Å². The van der Waals surface area contributed by atoms with Crippen LogP contribution < -0.4 is 4.90 Å². The van der Waals surface area contributed by atoms with Crippen molar-refractivity contribution in [2.45, 2.75) is 19.2 Å². The number of aliphatic hydroxyl groups is 1. The minimum Gasteiger partial charge on any atom is -0.478 e. The molecule has 1 aliphatic rings. The molecule has 182 valence electrons. The fourth-order valence-electron chi connectivity index (χ4n) is 4.14. The summed E-state index contributed by atoms with van der Waals surface area (Å²) in [5.41, 5.74) is 4.82. The van der Waals surface area contributed by atoms with Gasteiger partial charge in [-0.15, -0.1) is 0 Å². The Morgan fingerprint density at radius 2 is 1.37 bits per heavy atom. The van der Waals surface area contributed by atoms with Gasteiger partial charge in [0.15, 0.2) is 0 Å². The second-order valence-corrected chi connectivity index (χ2v) is 8.14. The lowest BCUT2D eigenvalue weighted by atomic mass is 9.99. The van der Waals surface area contributed by atoms with Gasteiger partial charge in [0.2, 0.25) is 0 Å². The van der Waals surface area contributed by atoms with Crippen LogP contribution in [0.25, 0.3) is 0 Å². The topological polar surface area (TPSA) is 101 Å². The molecule has 35 heavy (non-hydrogen) atoms. The number of carbonyl (C=O) groups is 2. The first-order chi connectivity index (χ1) is 17.0. The molecule has 1 unspecified atom stereocenters. The van der Waals surface area contributed by atoms with Crippen molar-refractivity contribution in [3.05, 3.63) is 114 Å². The minimum absolute atomic E-state index is 0.0713. The summed E-state index contributed by atoms with van der Waals surface area (Å²) in [5.74, 6) is -2.51. The van der Waals surface area contributed by atoms with E-state index in [1.54, 1.807) is 0 Å². The molecule has 0 amide bonds. The highest BCUT2D eigenvalue weighted by molar-refractivity contribution is 5.89. The van der Waals surface area contributed by atoms with Crippen molar-refractivity contribution in [1.82, 2.24) is 4.90 Å². The SMILES string of the molecule is O=C(O)/C=C/C(=O)O.OCc1ccccc1N1CCN(Cc2ccccc2)CC1c1ccccc1. The molecular formula is C28H30N2O5. The van der Waals surface area contributed by atoms with Gasteiger partial charge >= 0.3 is 11.9 Å². The lowest BCUT2D eigenvalue weighted by molar-refractivity contribution is -0.134. The maximum Gasteiger partial charge on any atom is 0.328 e. The zero-order valence-corrected chi connectivity index (χ0v) is 19.4. The molecule has 7 nitrogen and oxygen atoms in total. The van der Waals surface area contributed by atoms with Crippen molar-refractivity contribution in [3.8, 4) is 0 Å². The van der Waals surface area contributed by atoms with Gasteiger partial charge in [0.1, 0.15) is 0 Å². The van der Waals surface area contributed by atoms with Gasteiger partial charge in [0.05, 0.1) is 12.6 Å². The van der Waals surface area contributed by atoms with E-state index in [2.05, 4.69) is 82.6 Å². The Labute approximate surface area is 205 Å². The third kappa shape index (κ3) is 7.81. The van der Waals surface area contributed by atoms with Gasteiger partial charge < -0.3 is 20.2 Å². The fourth-order valence-corrected chi connectivity index (χ4v) is 4.14. The Hall–Kier alpha value is -3.94. The van der Waals surface area contributed by atoms with Crippen molar-refractivity contribution in [2.24, 2.45) is 0 Å². The Morgan fingerprint density at radius 1 is 0.800 bits per heavy atom. The number of hydrogen-bond donors (Lipinski definition) is 3. The van der Waals surface area contributed by atoms with E-state index in [4.69, 9.17) is 10.2 Å². The number of piperazine rings is 1. The number of anilines is 1. The number of benzene rings is 3. The van der Waals surface area contributed by atoms with Gasteiger partial charge in [0.25, 0.3) is 0 Å². The number of aliphatic hydroxyl groups excluding tert-OH is 1. The van der Waals surface area contributed by atoms with Crippen molar-refractivity contribution in [1.29, 1.82) is 0 Å². The largest absolute Gasteiger partial charge is 0.478 e. The first-order valence-corrected chi connectivity index (χ1v) is 11.4. The molecule has 3 aromatic rings. The van der Waals surface area contributed by atoms with Crippen molar-refractivity contribution in [3.63, 3.8) is 0 Å². The molecule has 0 spiro atoms. The quantitative estimate of drug-likeness (QED) is 0.446. The Bertz CT molecular complexity index is 1100. The highest BCUT2D eigenvalue weighted by Gasteiger charge is 2.29. The van der Waals surface area contributed by atoms with Gasteiger partial charge in [-0.2, -0.15) is 0 Å². The lowest BCUT2D eigenvalue weighted by Crippen LogP contribution is -2.48. The molecule has 1 fully saturated rings. The van der Waals surface area contributed by atoms with E-state index in [-0.39, 0.29) is 12.6 Å². The molecule has 7 heteroatoms. The summed E-state index contributed by atoms with van der Waals surface area (Å²) in [6.07, 6.45) is 1.12. The molecule has 4 rings (SSSR count). The second-order valence-electron chi connectivity index (χ2n) is 8.14. The molecule has 1 aliphatic heterocycles. The average Bonchev–Trinajstić information content (AvgIpc) is 2.89. The maximum absolute atomic E-state index is 9.82. The maximum atomic E-state index is 9.82. The summed E-state index contributed by atoms with van der Waals surface area (Å²) in [5, 5.41) is 25.4. The standard InChI is InChI=1S/C24H26N2O.C4H4O4/c27-19-22-13-7-8-14-23(22)26-16-15-25(17-20-9-3-1-4-10-20)18-24(26)21-11-5-2-6-12-21;5-3(6)1-2-4(7)8/h1-14,24,27H,15-19H2;1-2H,(H,5,6)(H,7,8)/b;2-1+. The first kappa shape index (κ1) is 25.7. The molecule has 3 N–H and O–H groups in total. The van der Waals surface area contributed by atoms with Crippen molar-refractivity contribution >= 4 is 17.6 Å². The number of carboxylic acids is 2. The molecule has 1 heterocycles. The molecule has 1 atom stereocenters. The normalized spacial score (nSPS) is 15.9. The predicted octanol–water partition coefficient (Wildman–Crippen LogP) is 3.95. The van der Waals surface area contributed by atoms with Gasteiger partial charge in [-0.3, -0.25) is 4.90 Å². The smallest absolute Gasteiger partial charge is 0.328 e. The van der Waals surface area contributed by atoms with E-state index in [1.807, 2.05) is 12.1 Å². The van der Waals surface area contributed by atoms with E-state index in [0.717, 1.165) is 37.4 Å². The van der Waals surface area contributed by atoms with E-state index >= 15 is 0 Å². The van der Waals surface area contributed by atoms with E-state index in [9.17, 15) is 14.7 Å². The second kappa shape index (κ2) is 13.1. The predicted molar refractivity (Wildman–Crippen MR) is 135 cm³/mol. The lowest BCUT2D eigenvalue weighted by Gasteiger charge is -2.44. The van der Waals surface area contributed by atoms with Crippen LogP contribution >= 0.6 is 0 Å². The van der Waals surface area contributed by atoms with Gasteiger partial charge in [-0.05, 0) is 17.2 Å². The molecule has 0 aromatic heterocycles. The van der Waals surface area contributed by atoms with Crippen LogP contribution in [-0.4, -0.2) is 51.8 Å². The van der Waals surface area contributed by atoms with Crippen LogP contribution in [0.5, 0.6) is 0 Å². The number of carboxylic acid groups (broad SMARTS) is 2. The van der Waals surface area contributed by atoms with Gasteiger partial charge in [0, 0.05) is 49.6 Å². The first-order valence-electron chi connectivity index (χ1n) is 11.4. The van der Waals surface area contributed by atoms with Gasteiger partial charge in [-0.25, -0.2) is 9.59 Å². The fraction of sp³-hybridized carbons (Fsp3) is 0.214. The van der Waals surface area contributed by atoms with E-state index in [1.165, 1.54) is 11.1 Å². The van der Waals surface area contributed by atoms with Crippen LogP contribution in [0.1, 0.15) is 22.7 Å². The van der Waals surface area contributed by atoms with Crippen LogP contribution in [0.4, 0.5) is 5.69 Å². The molecule has 3 aromatic carbocycles. The van der Waals surface area contributed by atoms with Crippen LogP contribution in [0.3, 0.4) is 0 Å². The molecule has 0 radical (unpaired) electrons. The Morgan fingerprint density at radius 3 is 1.97 bits per heavy atom. The third-order valence-corrected chi connectivity index (χ3v) is 5.74. The average molecular weight is 475 g/mol. The van der Waals surface area contributed by atoms with E-state index < -0.39 is 11.9 Å². The van der Waals surface area contributed by atoms with Crippen LogP contribution in [0.15, 0.2) is 97.1 Å². The van der Waals surface area contributed by atoms with Gasteiger partial charge in [-0.1, -0.05) is 78.9 Å². The number of para-hydroxylation sites is 1. The monoisotopic (exact) mass is 474 g/mol. The highest BCUT2D eigenvalue weighted by Crippen LogP contribution is 2.33. The van der Waals surface area contributed by atoms with E-state index in [0.29, 0.717) is 12.2 Å². The molecular weight excluding hydrogens is 444 g/mol. The molecule has 1 saturated heterocycles. The summed E-state index contributed by atoms with van der Waals surface area (Å²) in [7, 11) is 0. The summed E-state index contributed by atoms with van der Waals surface area (Å²) in [6.45, 7) is 3.97. The summed E-state index contributed by atoms with van der Waals surface area (Å²) in [4.78, 5) is 24.1. The third-order valence-electron chi connectivity index (χ3n) is 5.74. The summed E-state index contributed by atoms with van der Waals surface area (Å²) >= 11 is 0.